The number of phenolic OH excluding ortho intramolecular Hbond substituents is 1. The van der Waals surface area contributed by atoms with Gasteiger partial charge in [0.15, 0.2) is 0 Å². The van der Waals surface area contributed by atoms with Gasteiger partial charge in [0.1, 0.15) is 5.75 Å². The minimum absolute atomic E-state index is 0.00472. The predicted molar refractivity (Wildman–Crippen MR) is 141 cm³/mol. The van der Waals surface area contributed by atoms with Crippen molar-refractivity contribution >= 4 is 46.5 Å². The van der Waals surface area contributed by atoms with Crippen molar-refractivity contribution in [2.24, 2.45) is 5.10 Å². The van der Waals surface area contributed by atoms with Crippen molar-refractivity contribution in [3.05, 3.63) is 76.3 Å². The summed E-state index contributed by atoms with van der Waals surface area (Å²) in [6, 6.07) is 15.6. The lowest BCUT2D eigenvalue weighted by Gasteiger charge is -2.34. The lowest BCUT2D eigenvalue weighted by Crippen LogP contribution is -2.51. The highest BCUT2D eigenvalue weighted by Crippen LogP contribution is 2.24. The van der Waals surface area contributed by atoms with Crippen LogP contribution in [-0.4, -0.2) is 71.8 Å². The summed E-state index contributed by atoms with van der Waals surface area (Å²) in [5, 5.41) is 15.5. The van der Waals surface area contributed by atoms with Gasteiger partial charge in [-0.15, -0.1) is 0 Å². The number of piperazine rings is 1. The summed E-state index contributed by atoms with van der Waals surface area (Å²) in [7, 11) is 0. The predicted octanol–water partition coefficient (Wildman–Crippen LogP) is 3.81. The van der Waals surface area contributed by atoms with Gasteiger partial charge in [-0.2, -0.15) is 5.10 Å². The maximum atomic E-state index is 13.0. The fourth-order valence-corrected chi connectivity index (χ4v) is 4.33. The Morgan fingerprint density at radius 3 is 2.43 bits per heavy atom. The Labute approximate surface area is 219 Å². The number of hydrazone groups is 1. The standard InChI is InChI=1S/C27H27ClN4O5/c1-2-37-27(36)32-13-11-31(12-14-32)25(34)16-18-7-8-20(22-6-4-3-5-21(18)22)17-29-30-26(35)19-9-10-24(33)23(28)15-19/h3-10,15,17,33H,2,11-14,16H2,1H3,(H,30,35)/b29-17+. The average molecular weight is 523 g/mol. The highest BCUT2D eigenvalue weighted by atomic mass is 35.5. The average Bonchev–Trinajstić information content (AvgIpc) is 2.91. The molecule has 0 unspecified atom stereocenters. The minimum Gasteiger partial charge on any atom is -0.506 e. The van der Waals surface area contributed by atoms with Crippen LogP contribution in [0.2, 0.25) is 5.02 Å². The first kappa shape index (κ1) is 26.0. The van der Waals surface area contributed by atoms with Crippen molar-refractivity contribution in [2.75, 3.05) is 32.8 Å². The number of hydrogen-bond donors (Lipinski definition) is 2. The Hall–Kier alpha value is -4.11. The number of phenols is 1. The first-order chi connectivity index (χ1) is 17.9. The third-order valence-electron chi connectivity index (χ3n) is 6.13. The van der Waals surface area contributed by atoms with E-state index in [4.69, 9.17) is 16.3 Å². The third kappa shape index (κ3) is 6.18. The van der Waals surface area contributed by atoms with Crippen molar-refractivity contribution in [2.45, 2.75) is 13.3 Å². The number of nitrogens with one attached hydrogen (secondary N) is 1. The minimum atomic E-state index is -0.465. The van der Waals surface area contributed by atoms with Crippen LogP contribution in [0.3, 0.4) is 0 Å². The Morgan fingerprint density at radius 1 is 1.03 bits per heavy atom. The highest BCUT2D eigenvalue weighted by Gasteiger charge is 2.25. The van der Waals surface area contributed by atoms with Gasteiger partial charge in [0.2, 0.25) is 5.91 Å². The Morgan fingerprint density at radius 2 is 1.73 bits per heavy atom. The van der Waals surface area contributed by atoms with Crippen LogP contribution in [0.4, 0.5) is 4.79 Å². The van der Waals surface area contributed by atoms with Crippen molar-refractivity contribution in [1.82, 2.24) is 15.2 Å². The molecule has 37 heavy (non-hydrogen) atoms. The first-order valence-electron chi connectivity index (χ1n) is 11.9. The van der Waals surface area contributed by atoms with Crippen LogP contribution in [0.1, 0.15) is 28.4 Å². The lowest BCUT2D eigenvalue weighted by molar-refractivity contribution is -0.132. The summed E-state index contributed by atoms with van der Waals surface area (Å²) < 4.78 is 5.04. The molecule has 9 nitrogen and oxygen atoms in total. The maximum absolute atomic E-state index is 13.0. The normalized spacial score (nSPS) is 13.7. The van der Waals surface area contributed by atoms with E-state index in [9.17, 15) is 19.5 Å². The summed E-state index contributed by atoms with van der Waals surface area (Å²) in [5.74, 6) is -0.576. The Kier molecular flexibility index (Phi) is 8.25. The van der Waals surface area contributed by atoms with Crippen molar-refractivity contribution in [3.8, 4) is 5.75 Å². The van der Waals surface area contributed by atoms with Crippen molar-refractivity contribution in [3.63, 3.8) is 0 Å². The molecule has 192 valence electrons. The fourth-order valence-electron chi connectivity index (χ4n) is 4.15. The van der Waals surface area contributed by atoms with Gasteiger partial charge in [-0.05, 0) is 41.5 Å². The fraction of sp³-hybridized carbons (Fsp3) is 0.259. The summed E-state index contributed by atoms with van der Waals surface area (Å²) in [5.41, 5.74) is 4.39. The summed E-state index contributed by atoms with van der Waals surface area (Å²) >= 11 is 5.87. The smallest absolute Gasteiger partial charge is 0.409 e. The molecular formula is C27H27ClN4O5. The SMILES string of the molecule is CCOC(=O)N1CCN(C(=O)Cc2ccc(/C=N/NC(=O)c3ccc(O)c(Cl)c3)c3ccccc23)CC1. The van der Waals surface area contributed by atoms with Gasteiger partial charge in [0, 0.05) is 37.3 Å². The second-order valence-electron chi connectivity index (χ2n) is 8.47. The molecule has 1 fully saturated rings. The van der Waals surface area contributed by atoms with E-state index in [-0.39, 0.29) is 34.8 Å². The molecule has 3 aromatic rings. The van der Waals surface area contributed by atoms with E-state index < -0.39 is 5.91 Å². The van der Waals surface area contributed by atoms with Gasteiger partial charge >= 0.3 is 6.09 Å². The van der Waals surface area contributed by atoms with Gasteiger partial charge in [-0.25, -0.2) is 10.2 Å². The van der Waals surface area contributed by atoms with E-state index in [1.807, 2.05) is 36.4 Å². The zero-order chi connectivity index (χ0) is 26.4. The van der Waals surface area contributed by atoms with Gasteiger partial charge in [0.25, 0.3) is 5.91 Å². The van der Waals surface area contributed by atoms with E-state index in [2.05, 4.69) is 10.5 Å². The number of nitrogens with zero attached hydrogens (tertiary/aromatic N) is 3. The molecular weight excluding hydrogens is 496 g/mol. The van der Waals surface area contributed by atoms with Crippen molar-refractivity contribution in [1.29, 1.82) is 0 Å². The van der Waals surface area contributed by atoms with Crippen LogP contribution in [0.5, 0.6) is 5.75 Å². The molecule has 1 aliphatic rings. The summed E-state index contributed by atoms with van der Waals surface area (Å²) in [4.78, 5) is 40.7. The van der Waals surface area contributed by atoms with Crippen LogP contribution in [0.25, 0.3) is 10.8 Å². The number of ether oxygens (including phenoxy) is 1. The molecule has 0 saturated carbocycles. The van der Waals surface area contributed by atoms with Crippen LogP contribution < -0.4 is 5.43 Å². The molecule has 0 aliphatic carbocycles. The van der Waals surface area contributed by atoms with E-state index in [0.717, 1.165) is 21.9 Å². The van der Waals surface area contributed by atoms with E-state index in [0.29, 0.717) is 32.8 Å². The Bertz CT molecular complexity index is 1350. The van der Waals surface area contributed by atoms with Crippen LogP contribution in [0.15, 0.2) is 59.7 Å². The summed E-state index contributed by atoms with van der Waals surface area (Å²) in [6.07, 6.45) is 1.43. The zero-order valence-corrected chi connectivity index (χ0v) is 21.1. The largest absolute Gasteiger partial charge is 0.506 e. The molecule has 1 aliphatic heterocycles. The number of carbonyl (C=O) groups excluding carboxylic acids is 3. The van der Waals surface area contributed by atoms with E-state index >= 15 is 0 Å². The number of fused-ring (bicyclic) bond motifs is 1. The van der Waals surface area contributed by atoms with Crippen molar-refractivity contribution < 1.29 is 24.2 Å². The molecule has 2 N–H and O–H groups in total. The van der Waals surface area contributed by atoms with Gasteiger partial charge in [-0.1, -0.05) is 48.0 Å². The highest BCUT2D eigenvalue weighted by molar-refractivity contribution is 6.32. The molecule has 3 amide bonds. The third-order valence-corrected chi connectivity index (χ3v) is 6.43. The lowest BCUT2D eigenvalue weighted by atomic mass is 9.97. The molecule has 10 heteroatoms. The van der Waals surface area contributed by atoms with Gasteiger partial charge in [-0.3, -0.25) is 9.59 Å². The summed E-state index contributed by atoms with van der Waals surface area (Å²) in [6.45, 7) is 3.92. The quantitative estimate of drug-likeness (QED) is 0.378. The number of hydrogen-bond acceptors (Lipinski definition) is 6. The topological polar surface area (TPSA) is 112 Å². The maximum Gasteiger partial charge on any atom is 0.409 e. The molecule has 0 atom stereocenters. The van der Waals surface area contributed by atoms with E-state index in [1.54, 1.807) is 22.9 Å². The number of amides is 3. The van der Waals surface area contributed by atoms with Crippen LogP contribution in [0, 0.1) is 0 Å². The molecule has 1 heterocycles. The molecule has 0 aromatic heterocycles. The number of carbonyl (C=O) groups is 3. The second kappa shape index (κ2) is 11.7. The van der Waals surface area contributed by atoms with Gasteiger partial charge < -0.3 is 19.6 Å². The zero-order valence-electron chi connectivity index (χ0n) is 20.3. The first-order valence-corrected chi connectivity index (χ1v) is 12.3. The second-order valence-corrected chi connectivity index (χ2v) is 8.88. The number of aromatic hydroxyl groups is 1. The molecule has 0 bridgehead atoms. The molecule has 0 spiro atoms. The monoisotopic (exact) mass is 522 g/mol. The molecule has 4 rings (SSSR count). The molecule has 3 aromatic carbocycles. The van der Waals surface area contributed by atoms with Crippen LogP contribution >= 0.6 is 11.6 Å². The Balaban J connectivity index is 1.43. The number of benzene rings is 3. The molecule has 0 radical (unpaired) electrons. The number of halogens is 1. The number of rotatable bonds is 6. The van der Waals surface area contributed by atoms with E-state index in [1.165, 1.54) is 18.2 Å². The van der Waals surface area contributed by atoms with Gasteiger partial charge in [0.05, 0.1) is 24.3 Å². The molecule has 1 saturated heterocycles. The van der Waals surface area contributed by atoms with Crippen LogP contribution in [-0.2, 0) is 16.0 Å².